The van der Waals surface area contributed by atoms with Gasteiger partial charge in [0.25, 0.3) is 5.91 Å². The molecule has 246 valence electrons. The molecule has 19 heteroatoms. The first-order valence-corrected chi connectivity index (χ1v) is 15.3. The number of carbonyl (C=O) groups is 3. The molecule has 4 N–H and O–H groups in total. The van der Waals surface area contributed by atoms with E-state index in [0.29, 0.717) is 29.7 Å². The van der Waals surface area contributed by atoms with E-state index < -0.39 is 44.8 Å². The Hall–Kier alpha value is -5.45. The van der Waals surface area contributed by atoms with E-state index in [2.05, 4.69) is 35.1 Å². The highest BCUT2D eigenvalue weighted by molar-refractivity contribution is 7.46. The van der Waals surface area contributed by atoms with Crippen LogP contribution in [0.15, 0.2) is 47.7 Å². The largest absolute Gasteiger partial charge is 0.524 e. The minimum Gasteiger partial charge on any atom is -0.493 e. The molecule has 18 nitrogen and oxygen atoms in total. The first kappa shape index (κ1) is 29.0. The molecule has 0 spiro atoms. The molecule has 1 aromatic carbocycles. The number of aromatic nitrogens is 6. The van der Waals surface area contributed by atoms with Crippen LogP contribution in [0.5, 0.6) is 11.5 Å². The number of rotatable bonds is 11. The van der Waals surface area contributed by atoms with E-state index >= 15 is 0 Å². The van der Waals surface area contributed by atoms with E-state index in [1.54, 1.807) is 26.2 Å². The molecule has 47 heavy (non-hydrogen) atoms. The Morgan fingerprint density at radius 1 is 1.17 bits per heavy atom. The molecule has 3 aromatic heterocycles. The summed E-state index contributed by atoms with van der Waals surface area (Å²) in [5.41, 5.74) is 0.946. The van der Waals surface area contributed by atoms with Crippen LogP contribution in [0.3, 0.4) is 0 Å². The Bertz CT molecular complexity index is 2090. The van der Waals surface area contributed by atoms with Gasteiger partial charge in [-0.05, 0) is 44.0 Å². The number of hydrogen-bond acceptors (Lipinski definition) is 12. The van der Waals surface area contributed by atoms with E-state index in [-0.39, 0.29) is 40.1 Å². The molecule has 2 amide bonds. The SMILES string of the molecule is [2H]C([2H])([2H])NC(=O)c1nn(COC(=O)c2ccc(OC)c(OP(=O)(O)O)c2)c(NC(=O)C2CC2)cc1=Nc1nccc(-c2cnn(C)n2)c1C. The van der Waals surface area contributed by atoms with Gasteiger partial charge in [0.15, 0.2) is 29.7 Å². The molecule has 1 aliphatic rings. The topological polar surface area (TPSA) is 234 Å². The Kier molecular flexibility index (Phi) is 8.32. The first-order valence-electron chi connectivity index (χ1n) is 15.2. The average Bonchev–Trinajstić information content (AvgIpc) is 3.80. The van der Waals surface area contributed by atoms with Gasteiger partial charge in [0, 0.05) is 47.4 Å². The Morgan fingerprint density at radius 2 is 1.96 bits per heavy atom. The number of phosphoric ester groups is 1. The summed E-state index contributed by atoms with van der Waals surface area (Å²) in [6, 6.07) is 6.39. The van der Waals surface area contributed by atoms with Crippen LogP contribution >= 0.6 is 7.82 Å². The number of methoxy groups -OCH3 is 1. The van der Waals surface area contributed by atoms with Crippen molar-refractivity contribution in [1.82, 2.24) is 35.1 Å². The second kappa shape index (κ2) is 13.5. The number of aryl methyl sites for hydroxylation is 1. The molecule has 0 unspecified atom stereocenters. The van der Waals surface area contributed by atoms with E-state index in [4.69, 9.17) is 13.6 Å². The number of benzene rings is 1. The van der Waals surface area contributed by atoms with Crippen molar-refractivity contribution in [1.29, 1.82) is 0 Å². The zero-order valence-electron chi connectivity index (χ0n) is 28.1. The van der Waals surface area contributed by atoms with Crippen LogP contribution in [0.2, 0.25) is 0 Å². The van der Waals surface area contributed by atoms with Gasteiger partial charge in [-0.15, -0.1) is 0 Å². The maximum absolute atomic E-state index is 13.3. The Morgan fingerprint density at radius 3 is 2.62 bits per heavy atom. The molecule has 4 aromatic rings. The maximum Gasteiger partial charge on any atom is 0.524 e. The summed E-state index contributed by atoms with van der Waals surface area (Å²) in [6.07, 6.45) is 4.27. The van der Waals surface area contributed by atoms with Gasteiger partial charge >= 0.3 is 13.8 Å². The Balaban J connectivity index is 1.57. The highest BCUT2D eigenvalue weighted by atomic mass is 31.2. The summed E-state index contributed by atoms with van der Waals surface area (Å²) < 4.78 is 50.0. The van der Waals surface area contributed by atoms with Crippen molar-refractivity contribution in [3.63, 3.8) is 0 Å². The fourth-order valence-electron chi connectivity index (χ4n) is 4.28. The maximum atomic E-state index is 13.3. The van der Waals surface area contributed by atoms with Gasteiger partial charge in [0.2, 0.25) is 5.91 Å². The lowest BCUT2D eigenvalue weighted by Gasteiger charge is -2.16. The molecule has 1 aliphatic carbocycles. The highest BCUT2D eigenvalue weighted by Crippen LogP contribution is 2.42. The highest BCUT2D eigenvalue weighted by Gasteiger charge is 2.30. The normalized spacial score (nSPS) is 14.4. The third-order valence-corrected chi connectivity index (χ3v) is 7.19. The Labute approximate surface area is 270 Å². The van der Waals surface area contributed by atoms with Crippen LogP contribution < -0.4 is 25.3 Å². The zero-order valence-corrected chi connectivity index (χ0v) is 26.0. The van der Waals surface area contributed by atoms with Crippen molar-refractivity contribution in [2.75, 3.05) is 19.4 Å². The average molecular weight is 671 g/mol. The number of pyridine rings is 1. The summed E-state index contributed by atoms with van der Waals surface area (Å²) in [7, 11) is -2.16. The molecule has 0 bridgehead atoms. The van der Waals surface area contributed by atoms with Crippen molar-refractivity contribution >= 4 is 37.2 Å². The van der Waals surface area contributed by atoms with Crippen LogP contribution in [0.25, 0.3) is 11.3 Å². The van der Waals surface area contributed by atoms with Gasteiger partial charge in [-0.2, -0.15) is 20.1 Å². The third kappa shape index (κ3) is 7.86. The van der Waals surface area contributed by atoms with E-state index in [1.165, 1.54) is 36.3 Å². The fraction of sp³-hybridized carbons (Fsp3) is 0.286. The lowest BCUT2D eigenvalue weighted by atomic mass is 10.1. The summed E-state index contributed by atoms with van der Waals surface area (Å²) in [5.74, 6) is -3.34. The number of nitrogens with one attached hydrogen (secondary N) is 2. The second-order valence-corrected chi connectivity index (χ2v) is 11.3. The number of anilines is 1. The van der Waals surface area contributed by atoms with Crippen LogP contribution in [0, 0.1) is 12.8 Å². The number of phosphoric acid groups is 1. The van der Waals surface area contributed by atoms with Crippen LogP contribution in [0.1, 0.15) is 43.4 Å². The number of ether oxygens (including phenoxy) is 2. The van der Waals surface area contributed by atoms with Gasteiger partial charge < -0.3 is 24.6 Å². The molecule has 0 saturated heterocycles. The molecular weight excluding hydrogens is 637 g/mol. The van der Waals surface area contributed by atoms with Crippen molar-refractivity contribution in [2.24, 2.45) is 18.0 Å². The molecule has 1 saturated carbocycles. The zero-order chi connectivity index (χ0) is 36.4. The van der Waals surface area contributed by atoms with Crippen LogP contribution in [-0.2, 0) is 27.9 Å². The first-order chi connectivity index (χ1) is 23.5. The van der Waals surface area contributed by atoms with Crippen LogP contribution in [0.4, 0.5) is 11.6 Å². The smallest absolute Gasteiger partial charge is 0.493 e. The minimum atomic E-state index is -5.03. The van der Waals surface area contributed by atoms with Crippen molar-refractivity contribution in [2.45, 2.75) is 26.5 Å². The number of carbonyl (C=O) groups excluding carboxylic acids is 3. The van der Waals surface area contributed by atoms with Gasteiger partial charge in [-0.25, -0.2) is 24.0 Å². The van der Waals surface area contributed by atoms with Gasteiger partial charge in [-0.1, -0.05) is 0 Å². The second-order valence-electron chi connectivity index (χ2n) is 10.1. The van der Waals surface area contributed by atoms with Gasteiger partial charge in [-0.3, -0.25) is 19.4 Å². The number of esters is 1. The summed E-state index contributed by atoms with van der Waals surface area (Å²) >= 11 is 0. The summed E-state index contributed by atoms with van der Waals surface area (Å²) in [5, 5.41) is 17.0. The number of amides is 2. The van der Waals surface area contributed by atoms with E-state index in [9.17, 15) is 28.7 Å². The van der Waals surface area contributed by atoms with E-state index in [0.717, 1.165) is 10.7 Å². The van der Waals surface area contributed by atoms with Crippen LogP contribution in [-0.4, -0.2) is 71.4 Å². The molecule has 5 rings (SSSR count). The lowest BCUT2D eigenvalue weighted by Crippen LogP contribution is -2.32. The van der Waals surface area contributed by atoms with Crippen molar-refractivity contribution < 1.29 is 46.8 Å². The minimum absolute atomic E-state index is 0.0677. The fourth-order valence-corrected chi connectivity index (χ4v) is 4.68. The molecule has 0 radical (unpaired) electrons. The lowest BCUT2D eigenvalue weighted by molar-refractivity contribution is -0.117. The molecule has 1 fully saturated rings. The van der Waals surface area contributed by atoms with Gasteiger partial charge in [0.05, 0.1) is 18.9 Å². The van der Waals surface area contributed by atoms with E-state index in [1.807, 2.05) is 5.32 Å². The summed E-state index contributed by atoms with van der Waals surface area (Å²) in [6.45, 7) is -1.94. The summed E-state index contributed by atoms with van der Waals surface area (Å²) in [4.78, 5) is 67.9. The molecule has 0 atom stereocenters. The predicted octanol–water partition coefficient (Wildman–Crippen LogP) is 1.62. The number of hydrogen-bond donors (Lipinski definition) is 4. The monoisotopic (exact) mass is 670 g/mol. The van der Waals surface area contributed by atoms with Gasteiger partial charge in [0.1, 0.15) is 16.9 Å². The van der Waals surface area contributed by atoms with Crippen molar-refractivity contribution in [3.8, 4) is 22.8 Å². The quantitative estimate of drug-likeness (QED) is 0.131. The third-order valence-electron chi connectivity index (χ3n) is 6.76. The molecule has 0 aliphatic heterocycles. The molecule has 3 heterocycles. The predicted molar refractivity (Wildman–Crippen MR) is 162 cm³/mol. The number of nitrogens with zero attached hydrogens (tertiary/aromatic N) is 7. The standard InChI is InChI=1S/C28H30N9O9P/c1-15-18(20-13-31-36(3)34-20)9-10-30-25(15)32-19-12-23(33-26(38)16-5-6-16)37(35-24(19)27(39)29-2)14-45-28(40)17-7-8-21(44-4)22(11-17)46-47(41,42)43/h7-13,16H,5-6,14H2,1-4H3,(H,29,39)(H,33,38)(H2,41,42,43)/i2D3. The van der Waals surface area contributed by atoms with Crippen molar-refractivity contribution in [3.05, 3.63) is 64.9 Å². The molecular formula is C28H30N9O9P.